The minimum Gasteiger partial charge on any atom is -0.469 e. The van der Waals surface area contributed by atoms with Crippen molar-refractivity contribution >= 4 is 27.8 Å². The fraction of sp³-hybridized carbons (Fsp3) is 0.429. The molecule has 0 saturated carbocycles. The van der Waals surface area contributed by atoms with Crippen molar-refractivity contribution in [1.29, 1.82) is 0 Å². The van der Waals surface area contributed by atoms with Crippen LogP contribution >= 0.6 is 15.9 Å². The maximum Gasteiger partial charge on any atom is 0.310 e. The normalized spacial score (nSPS) is 18.8. The zero-order valence-corrected chi connectivity index (χ0v) is 12.7. The monoisotopic (exact) mass is 343 g/mol. The molecule has 1 heterocycles. The highest BCUT2D eigenvalue weighted by atomic mass is 79.9. The van der Waals surface area contributed by atoms with Gasteiger partial charge in [0.1, 0.15) is 5.82 Å². The van der Waals surface area contributed by atoms with Crippen LogP contribution in [0.5, 0.6) is 0 Å². The topological polar surface area (TPSA) is 46.6 Å². The lowest BCUT2D eigenvalue weighted by molar-refractivity contribution is -0.146. The van der Waals surface area contributed by atoms with Crippen LogP contribution in [-0.2, 0) is 9.53 Å². The summed E-state index contributed by atoms with van der Waals surface area (Å²) >= 11 is 3.25. The molecule has 1 aromatic rings. The predicted molar refractivity (Wildman–Crippen MR) is 74.7 cm³/mol. The average molecular weight is 344 g/mol. The van der Waals surface area contributed by atoms with Crippen LogP contribution in [0, 0.1) is 11.7 Å². The molecule has 0 aliphatic carbocycles. The Morgan fingerprint density at radius 1 is 1.45 bits per heavy atom. The van der Waals surface area contributed by atoms with Gasteiger partial charge >= 0.3 is 5.97 Å². The molecule has 1 atom stereocenters. The van der Waals surface area contributed by atoms with E-state index >= 15 is 0 Å². The quantitative estimate of drug-likeness (QED) is 0.775. The molecule has 0 radical (unpaired) electrons. The molecule has 0 spiro atoms. The van der Waals surface area contributed by atoms with Gasteiger partial charge in [-0.3, -0.25) is 9.59 Å². The molecule has 6 heteroatoms. The molecule has 1 unspecified atom stereocenters. The van der Waals surface area contributed by atoms with E-state index in [0.29, 0.717) is 24.0 Å². The first kappa shape index (κ1) is 15.0. The Morgan fingerprint density at radius 3 is 2.90 bits per heavy atom. The summed E-state index contributed by atoms with van der Waals surface area (Å²) in [6, 6.07) is 3.99. The number of benzene rings is 1. The summed E-state index contributed by atoms with van der Waals surface area (Å²) in [5, 5.41) is 0. The van der Waals surface area contributed by atoms with Crippen molar-refractivity contribution < 1.29 is 18.7 Å². The van der Waals surface area contributed by atoms with E-state index in [0.717, 1.165) is 6.42 Å². The Balaban J connectivity index is 2.16. The van der Waals surface area contributed by atoms with Crippen molar-refractivity contribution in [3.05, 3.63) is 34.1 Å². The number of rotatable bonds is 2. The molecule has 0 aromatic heterocycles. The van der Waals surface area contributed by atoms with Crippen LogP contribution in [0.2, 0.25) is 0 Å². The number of nitrogens with zero attached hydrogens (tertiary/aromatic N) is 1. The van der Waals surface area contributed by atoms with Gasteiger partial charge in [-0.05, 0) is 47.0 Å². The molecule has 1 amide bonds. The third-order valence-electron chi connectivity index (χ3n) is 3.40. The fourth-order valence-electron chi connectivity index (χ4n) is 2.35. The summed E-state index contributed by atoms with van der Waals surface area (Å²) in [5.74, 6) is -1.34. The third-order valence-corrected chi connectivity index (χ3v) is 4.09. The largest absolute Gasteiger partial charge is 0.469 e. The van der Waals surface area contributed by atoms with Crippen LogP contribution in [-0.4, -0.2) is 37.0 Å². The first-order chi connectivity index (χ1) is 9.52. The first-order valence-electron chi connectivity index (χ1n) is 6.35. The number of hydrogen-bond donors (Lipinski definition) is 0. The van der Waals surface area contributed by atoms with E-state index in [-0.39, 0.29) is 23.4 Å². The van der Waals surface area contributed by atoms with Gasteiger partial charge in [0, 0.05) is 17.6 Å². The minimum absolute atomic E-state index is 0.273. The Hall–Kier alpha value is -1.43. The average Bonchev–Trinajstić information content (AvgIpc) is 2.48. The number of halogens is 2. The van der Waals surface area contributed by atoms with Crippen LogP contribution in [0.3, 0.4) is 0 Å². The Morgan fingerprint density at radius 2 is 2.20 bits per heavy atom. The Bertz CT molecular complexity index is 535. The Labute approximate surface area is 125 Å². The summed E-state index contributed by atoms with van der Waals surface area (Å²) in [5.41, 5.74) is 0.274. The molecular weight excluding hydrogens is 329 g/mol. The molecule has 1 saturated heterocycles. The molecule has 0 bridgehead atoms. The smallest absolute Gasteiger partial charge is 0.310 e. The number of likely N-dealkylation sites (tertiary alicyclic amines) is 1. The lowest BCUT2D eigenvalue weighted by atomic mass is 9.97. The zero-order chi connectivity index (χ0) is 14.7. The van der Waals surface area contributed by atoms with Crippen LogP contribution < -0.4 is 0 Å². The van der Waals surface area contributed by atoms with Crippen molar-refractivity contribution in [1.82, 2.24) is 4.90 Å². The number of ether oxygens (including phenoxy) is 1. The number of carbonyl (C=O) groups is 2. The highest BCUT2D eigenvalue weighted by Crippen LogP contribution is 2.24. The zero-order valence-electron chi connectivity index (χ0n) is 11.1. The summed E-state index contributed by atoms with van der Waals surface area (Å²) in [7, 11) is 1.34. The van der Waals surface area contributed by atoms with Gasteiger partial charge in [-0.25, -0.2) is 4.39 Å². The SMILES string of the molecule is COC(=O)C1CCCN(C(=O)c2cc(F)ccc2Br)C1. The lowest BCUT2D eigenvalue weighted by Crippen LogP contribution is -2.42. The molecule has 1 aliphatic heterocycles. The molecule has 20 heavy (non-hydrogen) atoms. The molecule has 1 fully saturated rings. The molecule has 4 nitrogen and oxygen atoms in total. The van der Waals surface area contributed by atoms with E-state index in [9.17, 15) is 14.0 Å². The van der Waals surface area contributed by atoms with Crippen molar-refractivity contribution in [2.75, 3.05) is 20.2 Å². The summed E-state index contributed by atoms with van der Waals surface area (Å²) in [6.07, 6.45) is 1.44. The van der Waals surface area contributed by atoms with E-state index in [2.05, 4.69) is 15.9 Å². The second-order valence-electron chi connectivity index (χ2n) is 4.74. The standard InChI is InChI=1S/C14H15BrFNO3/c1-20-14(19)9-3-2-6-17(8-9)13(18)11-7-10(16)4-5-12(11)15/h4-5,7,9H,2-3,6,8H2,1H3. The molecule has 1 aromatic carbocycles. The van der Waals surface area contributed by atoms with Gasteiger partial charge in [0.15, 0.2) is 0 Å². The van der Waals surface area contributed by atoms with Crippen LogP contribution in [0.15, 0.2) is 22.7 Å². The summed E-state index contributed by atoms with van der Waals surface area (Å²) in [4.78, 5) is 25.5. The lowest BCUT2D eigenvalue weighted by Gasteiger charge is -2.31. The van der Waals surface area contributed by atoms with Gasteiger partial charge in [-0.15, -0.1) is 0 Å². The van der Waals surface area contributed by atoms with Crippen LogP contribution in [0.1, 0.15) is 23.2 Å². The van der Waals surface area contributed by atoms with Gasteiger partial charge in [0.25, 0.3) is 5.91 Å². The van der Waals surface area contributed by atoms with E-state index in [1.165, 1.54) is 25.3 Å². The summed E-state index contributed by atoms with van der Waals surface area (Å²) < 4.78 is 18.5. The molecule has 0 N–H and O–H groups in total. The summed E-state index contributed by atoms with van der Waals surface area (Å²) in [6.45, 7) is 0.879. The van der Waals surface area contributed by atoms with Crippen molar-refractivity contribution in [2.45, 2.75) is 12.8 Å². The molecule has 2 rings (SSSR count). The maximum atomic E-state index is 13.3. The Kier molecular flexibility index (Phi) is 4.75. The number of esters is 1. The van der Waals surface area contributed by atoms with Crippen LogP contribution in [0.4, 0.5) is 4.39 Å². The number of hydrogen-bond acceptors (Lipinski definition) is 3. The van der Waals surface area contributed by atoms with Crippen LogP contribution in [0.25, 0.3) is 0 Å². The van der Waals surface area contributed by atoms with Crippen molar-refractivity contribution in [3.63, 3.8) is 0 Å². The first-order valence-corrected chi connectivity index (χ1v) is 7.14. The molecular formula is C14H15BrFNO3. The van der Waals surface area contributed by atoms with Crippen molar-refractivity contribution in [2.24, 2.45) is 5.92 Å². The van der Waals surface area contributed by atoms with Gasteiger partial charge < -0.3 is 9.64 Å². The highest BCUT2D eigenvalue weighted by molar-refractivity contribution is 9.10. The number of methoxy groups -OCH3 is 1. The number of carbonyl (C=O) groups excluding carboxylic acids is 2. The number of piperidine rings is 1. The van der Waals surface area contributed by atoms with E-state index in [1.54, 1.807) is 4.90 Å². The van der Waals surface area contributed by atoms with E-state index in [4.69, 9.17) is 4.74 Å². The van der Waals surface area contributed by atoms with Gasteiger partial charge in [-0.1, -0.05) is 0 Å². The van der Waals surface area contributed by atoms with Gasteiger partial charge in [0.05, 0.1) is 18.6 Å². The molecule has 1 aliphatic rings. The van der Waals surface area contributed by atoms with Crippen molar-refractivity contribution in [3.8, 4) is 0 Å². The van der Waals surface area contributed by atoms with E-state index < -0.39 is 5.82 Å². The highest BCUT2D eigenvalue weighted by Gasteiger charge is 2.30. The maximum absolute atomic E-state index is 13.3. The second-order valence-corrected chi connectivity index (χ2v) is 5.59. The second kappa shape index (κ2) is 6.35. The van der Waals surface area contributed by atoms with Gasteiger partial charge in [-0.2, -0.15) is 0 Å². The minimum atomic E-state index is -0.460. The number of amides is 1. The molecule has 108 valence electrons. The van der Waals surface area contributed by atoms with Gasteiger partial charge in [0.2, 0.25) is 0 Å². The third kappa shape index (κ3) is 3.17. The fourth-order valence-corrected chi connectivity index (χ4v) is 2.77. The predicted octanol–water partition coefficient (Wildman–Crippen LogP) is 2.61. The van der Waals surface area contributed by atoms with E-state index in [1.807, 2.05) is 0 Å².